The predicted octanol–water partition coefficient (Wildman–Crippen LogP) is 1.16. The summed E-state index contributed by atoms with van der Waals surface area (Å²) in [6.07, 6.45) is 0. The van der Waals surface area contributed by atoms with Crippen LogP contribution in [-0.4, -0.2) is 49.8 Å². The van der Waals surface area contributed by atoms with Gasteiger partial charge in [-0.1, -0.05) is 0 Å². The summed E-state index contributed by atoms with van der Waals surface area (Å²) in [5.74, 6) is 0.985. The summed E-state index contributed by atoms with van der Waals surface area (Å²) in [5, 5.41) is 8.92. The van der Waals surface area contributed by atoms with Crippen LogP contribution in [0, 0.1) is 0 Å². The van der Waals surface area contributed by atoms with Gasteiger partial charge in [0.15, 0.2) is 0 Å². The Kier molecular flexibility index (Phi) is 5.45. The van der Waals surface area contributed by atoms with Crippen LogP contribution in [-0.2, 0) is 0 Å². The number of carbonyl (C=O) groups is 1. The van der Waals surface area contributed by atoms with E-state index in [0.29, 0.717) is 30.2 Å². The number of aliphatic hydroxyl groups excluding tert-OH is 1. The van der Waals surface area contributed by atoms with E-state index in [0.717, 1.165) is 0 Å². The number of rotatable bonds is 6. The van der Waals surface area contributed by atoms with Crippen molar-refractivity contribution in [3.63, 3.8) is 0 Å². The summed E-state index contributed by atoms with van der Waals surface area (Å²) >= 11 is 0. The van der Waals surface area contributed by atoms with E-state index < -0.39 is 0 Å². The topological polar surface area (TPSA) is 59.0 Å². The van der Waals surface area contributed by atoms with Crippen molar-refractivity contribution in [2.24, 2.45) is 0 Å². The van der Waals surface area contributed by atoms with Gasteiger partial charge in [-0.25, -0.2) is 0 Å². The molecular weight excluding hydrogens is 234 g/mol. The maximum absolute atomic E-state index is 12.2. The highest BCUT2D eigenvalue weighted by Crippen LogP contribution is 2.23. The van der Waals surface area contributed by atoms with Crippen molar-refractivity contribution in [3.8, 4) is 11.5 Å². The first-order chi connectivity index (χ1) is 8.65. The van der Waals surface area contributed by atoms with E-state index in [2.05, 4.69) is 0 Å². The average Bonchev–Trinajstić information content (AvgIpc) is 2.43. The molecule has 100 valence electrons. The van der Waals surface area contributed by atoms with Crippen molar-refractivity contribution in [1.82, 2.24) is 4.90 Å². The zero-order chi connectivity index (χ0) is 13.5. The molecule has 0 aromatic heterocycles. The van der Waals surface area contributed by atoms with Gasteiger partial charge in [0.05, 0.1) is 20.8 Å². The van der Waals surface area contributed by atoms with Gasteiger partial charge >= 0.3 is 0 Å². The van der Waals surface area contributed by atoms with Crippen LogP contribution in [0.1, 0.15) is 17.3 Å². The molecule has 5 heteroatoms. The number of hydrogen-bond acceptors (Lipinski definition) is 4. The van der Waals surface area contributed by atoms with Crippen LogP contribution in [0.4, 0.5) is 0 Å². The van der Waals surface area contributed by atoms with Gasteiger partial charge in [0, 0.05) is 24.7 Å². The first-order valence-corrected chi connectivity index (χ1v) is 5.79. The SMILES string of the molecule is CCN(CCO)C(=O)c1cc(OC)cc(OC)c1. The molecule has 0 heterocycles. The first-order valence-electron chi connectivity index (χ1n) is 5.79. The van der Waals surface area contributed by atoms with E-state index in [1.807, 2.05) is 6.92 Å². The van der Waals surface area contributed by atoms with Gasteiger partial charge in [-0.05, 0) is 19.1 Å². The fourth-order valence-corrected chi connectivity index (χ4v) is 1.64. The molecule has 1 aromatic carbocycles. The molecule has 0 atom stereocenters. The van der Waals surface area contributed by atoms with Crippen molar-refractivity contribution in [2.45, 2.75) is 6.92 Å². The van der Waals surface area contributed by atoms with E-state index in [-0.39, 0.29) is 12.5 Å². The normalized spacial score (nSPS) is 10.0. The summed E-state index contributed by atoms with van der Waals surface area (Å²) in [4.78, 5) is 13.8. The van der Waals surface area contributed by atoms with E-state index in [1.165, 1.54) is 14.2 Å². The van der Waals surface area contributed by atoms with Crippen LogP contribution in [0.25, 0.3) is 0 Å². The molecule has 0 bridgehead atoms. The molecule has 0 fully saturated rings. The second kappa shape index (κ2) is 6.86. The Morgan fingerprint density at radius 1 is 1.22 bits per heavy atom. The summed E-state index contributed by atoms with van der Waals surface area (Å²) in [7, 11) is 3.07. The zero-order valence-corrected chi connectivity index (χ0v) is 11.0. The lowest BCUT2D eigenvalue weighted by Crippen LogP contribution is -2.33. The minimum absolute atomic E-state index is 0.0549. The molecular formula is C13H19NO4. The number of nitrogens with zero attached hydrogens (tertiary/aromatic N) is 1. The van der Waals surface area contributed by atoms with Crippen molar-refractivity contribution in [1.29, 1.82) is 0 Å². The maximum atomic E-state index is 12.2. The van der Waals surface area contributed by atoms with Gasteiger partial charge in [0.25, 0.3) is 5.91 Å². The Bertz CT molecular complexity index is 384. The lowest BCUT2D eigenvalue weighted by atomic mass is 10.1. The highest BCUT2D eigenvalue weighted by atomic mass is 16.5. The molecule has 1 N–H and O–H groups in total. The average molecular weight is 253 g/mol. The highest BCUT2D eigenvalue weighted by Gasteiger charge is 2.15. The van der Waals surface area contributed by atoms with Gasteiger partial charge in [-0.3, -0.25) is 4.79 Å². The third kappa shape index (κ3) is 3.37. The monoisotopic (exact) mass is 253 g/mol. The number of methoxy groups -OCH3 is 2. The van der Waals surface area contributed by atoms with Crippen LogP contribution in [0.15, 0.2) is 18.2 Å². The first kappa shape index (κ1) is 14.3. The molecule has 0 unspecified atom stereocenters. The number of aliphatic hydroxyl groups is 1. The molecule has 0 saturated carbocycles. The third-order valence-electron chi connectivity index (χ3n) is 2.64. The summed E-state index contributed by atoms with van der Waals surface area (Å²) in [6, 6.07) is 5.02. The van der Waals surface area contributed by atoms with Crippen molar-refractivity contribution < 1.29 is 19.4 Å². The molecule has 18 heavy (non-hydrogen) atoms. The third-order valence-corrected chi connectivity index (χ3v) is 2.64. The summed E-state index contributed by atoms with van der Waals surface area (Å²) < 4.78 is 10.2. The highest BCUT2D eigenvalue weighted by molar-refractivity contribution is 5.95. The van der Waals surface area contributed by atoms with E-state index in [1.54, 1.807) is 23.1 Å². The fourth-order valence-electron chi connectivity index (χ4n) is 1.64. The second-order valence-corrected chi connectivity index (χ2v) is 3.71. The van der Waals surface area contributed by atoms with E-state index in [4.69, 9.17) is 14.6 Å². The van der Waals surface area contributed by atoms with Gasteiger partial charge < -0.3 is 19.5 Å². The van der Waals surface area contributed by atoms with Crippen LogP contribution in [0.2, 0.25) is 0 Å². The molecule has 0 aliphatic heterocycles. The van der Waals surface area contributed by atoms with Crippen LogP contribution in [0.5, 0.6) is 11.5 Å². The molecule has 1 amide bonds. The quantitative estimate of drug-likeness (QED) is 0.826. The molecule has 0 radical (unpaired) electrons. The minimum atomic E-state index is -0.149. The van der Waals surface area contributed by atoms with Crippen LogP contribution >= 0.6 is 0 Å². The molecule has 5 nitrogen and oxygen atoms in total. The van der Waals surface area contributed by atoms with Crippen LogP contribution < -0.4 is 9.47 Å². The molecule has 0 spiro atoms. The van der Waals surface area contributed by atoms with Crippen LogP contribution in [0.3, 0.4) is 0 Å². The molecule has 0 aliphatic rings. The van der Waals surface area contributed by atoms with Crippen molar-refractivity contribution >= 4 is 5.91 Å². The van der Waals surface area contributed by atoms with E-state index in [9.17, 15) is 4.79 Å². The Morgan fingerprint density at radius 3 is 2.17 bits per heavy atom. The van der Waals surface area contributed by atoms with Crippen molar-refractivity contribution in [3.05, 3.63) is 23.8 Å². The smallest absolute Gasteiger partial charge is 0.254 e. The standard InChI is InChI=1S/C13H19NO4/c1-4-14(5-6-15)13(16)10-7-11(17-2)9-12(8-10)18-3/h7-9,15H,4-6H2,1-3H3. The molecule has 1 aromatic rings. The predicted molar refractivity (Wildman–Crippen MR) is 68.2 cm³/mol. The number of ether oxygens (including phenoxy) is 2. The van der Waals surface area contributed by atoms with Gasteiger partial charge in [-0.15, -0.1) is 0 Å². The lowest BCUT2D eigenvalue weighted by molar-refractivity contribution is 0.0731. The lowest BCUT2D eigenvalue weighted by Gasteiger charge is -2.20. The number of likely N-dealkylation sites (N-methyl/N-ethyl adjacent to an activating group) is 1. The van der Waals surface area contributed by atoms with Gasteiger partial charge in [-0.2, -0.15) is 0 Å². The summed E-state index contributed by atoms with van der Waals surface area (Å²) in [5.41, 5.74) is 0.488. The number of carbonyl (C=O) groups excluding carboxylic acids is 1. The second-order valence-electron chi connectivity index (χ2n) is 3.71. The van der Waals surface area contributed by atoms with Crippen molar-refractivity contribution in [2.75, 3.05) is 33.9 Å². The van der Waals surface area contributed by atoms with Gasteiger partial charge in [0.1, 0.15) is 11.5 Å². The Labute approximate surface area is 107 Å². The molecule has 0 aliphatic carbocycles. The number of amides is 1. The maximum Gasteiger partial charge on any atom is 0.254 e. The molecule has 1 rings (SSSR count). The number of hydrogen-bond donors (Lipinski definition) is 1. The zero-order valence-electron chi connectivity index (χ0n) is 11.0. The largest absolute Gasteiger partial charge is 0.497 e. The van der Waals surface area contributed by atoms with E-state index >= 15 is 0 Å². The number of benzene rings is 1. The minimum Gasteiger partial charge on any atom is -0.497 e. The Hall–Kier alpha value is -1.75. The Morgan fingerprint density at radius 2 is 1.78 bits per heavy atom. The molecule has 0 saturated heterocycles. The summed E-state index contributed by atoms with van der Waals surface area (Å²) in [6.45, 7) is 2.67. The van der Waals surface area contributed by atoms with Gasteiger partial charge in [0.2, 0.25) is 0 Å². The Balaban J connectivity index is 3.03. The fraction of sp³-hybridized carbons (Fsp3) is 0.462.